The maximum Gasteiger partial charge on any atom is 0.273 e. The van der Waals surface area contributed by atoms with E-state index in [1.54, 1.807) is 6.92 Å². The molecule has 1 aromatic rings. The van der Waals surface area contributed by atoms with Crippen LogP contribution in [0, 0.1) is 6.92 Å². The minimum absolute atomic E-state index is 0.167. The fraction of sp³-hybridized carbons (Fsp3) is 0.667. The summed E-state index contributed by atoms with van der Waals surface area (Å²) in [6.45, 7) is 2.49. The Bertz CT molecular complexity index is 387. The molecule has 0 aromatic carbocycles. The van der Waals surface area contributed by atoms with Crippen molar-refractivity contribution >= 4 is 11.8 Å². The molecule has 15 heavy (non-hydrogen) atoms. The minimum Gasteiger partial charge on any atom is -0.377 e. The standard InChI is InChI=1S/C9H13N3O2S/c1-6-8(13)10-9(12-11-6)15-5-7-3-2-4-14-7/h7H,2-5H2,1H3,(H,10,12,13). The molecule has 1 saturated heterocycles. The molecule has 1 aliphatic rings. The van der Waals surface area contributed by atoms with E-state index in [0.29, 0.717) is 17.0 Å². The van der Waals surface area contributed by atoms with Crippen molar-refractivity contribution in [3.8, 4) is 0 Å². The third-order valence-electron chi connectivity index (χ3n) is 2.27. The molecule has 82 valence electrons. The van der Waals surface area contributed by atoms with Crippen molar-refractivity contribution in [3.63, 3.8) is 0 Å². The normalized spacial score (nSPS) is 20.7. The first-order chi connectivity index (χ1) is 7.25. The summed E-state index contributed by atoms with van der Waals surface area (Å²) in [5, 5.41) is 8.24. The fourth-order valence-corrected chi connectivity index (χ4v) is 2.26. The topological polar surface area (TPSA) is 67.9 Å². The van der Waals surface area contributed by atoms with E-state index in [2.05, 4.69) is 15.2 Å². The average molecular weight is 227 g/mol. The highest BCUT2D eigenvalue weighted by atomic mass is 32.2. The zero-order valence-electron chi connectivity index (χ0n) is 8.52. The number of aromatic nitrogens is 3. The number of hydrogen-bond acceptors (Lipinski definition) is 5. The molecular formula is C9H13N3O2S. The fourth-order valence-electron chi connectivity index (χ4n) is 1.39. The van der Waals surface area contributed by atoms with Gasteiger partial charge in [-0.05, 0) is 19.8 Å². The van der Waals surface area contributed by atoms with Gasteiger partial charge in [-0.15, -0.1) is 10.2 Å². The van der Waals surface area contributed by atoms with E-state index in [0.717, 1.165) is 25.2 Å². The summed E-state index contributed by atoms with van der Waals surface area (Å²) in [6, 6.07) is 0. The second kappa shape index (κ2) is 4.76. The van der Waals surface area contributed by atoms with Crippen LogP contribution in [0.4, 0.5) is 0 Å². The van der Waals surface area contributed by atoms with Gasteiger partial charge in [-0.2, -0.15) is 0 Å². The Morgan fingerprint density at radius 1 is 1.60 bits per heavy atom. The zero-order valence-corrected chi connectivity index (χ0v) is 9.34. The molecule has 0 spiro atoms. The zero-order chi connectivity index (χ0) is 10.7. The van der Waals surface area contributed by atoms with Crippen LogP contribution in [0.25, 0.3) is 0 Å². The Hall–Kier alpha value is -0.880. The summed E-state index contributed by atoms with van der Waals surface area (Å²) in [5.74, 6) is 0.827. The lowest BCUT2D eigenvalue weighted by molar-refractivity contribution is 0.129. The maximum atomic E-state index is 11.2. The number of thioether (sulfide) groups is 1. The van der Waals surface area contributed by atoms with Gasteiger partial charge in [0.05, 0.1) is 6.10 Å². The van der Waals surface area contributed by atoms with Gasteiger partial charge in [-0.25, -0.2) is 0 Å². The first-order valence-corrected chi connectivity index (χ1v) is 5.92. The maximum absolute atomic E-state index is 11.2. The monoisotopic (exact) mass is 227 g/mol. The van der Waals surface area contributed by atoms with Crippen LogP contribution in [0.15, 0.2) is 9.95 Å². The molecular weight excluding hydrogens is 214 g/mol. The molecule has 1 aromatic heterocycles. The Morgan fingerprint density at radius 3 is 3.13 bits per heavy atom. The lowest BCUT2D eigenvalue weighted by atomic mass is 10.3. The predicted octanol–water partition coefficient (Wildman–Crippen LogP) is 0.744. The van der Waals surface area contributed by atoms with Crippen molar-refractivity contribution in [2.24, 2.45) is 0 Å². The molecule has 0 bridgehead atoms. The van der Waals surface area contributed by atoms with Crippen LogP contribution in [0.1, 0.15) is 18.5 Å². The van der Waals surface area contributed by atoms with Gasteiger partial charge in [0.15, 0.2) is 5.16 Å². The number of aryl methyl sites for hydroxylation is 1. The second-order valence-electron chi connectivity index (χ2n) is 3.49. The van der Waals surface area contributed by atoms with Gasteiger partial charge in [0.1, 0.15) is 5.69 Å². The highest BCUT2D eigenvalue weighted by Crippen LogP contribution is 2.19. The molecule has 0 amide bonds. The largest absolute Gasteiger partial charge is 0.377 e. The predicted molar refractivity (Wildman–Crippen MR) is 57.1 cm³/mol. The van der Waals surface area contributed by atoms with Crippen molar-refractivity contribution in [2.75, 3.05) is 12.4 Å². The van der Waals surface area contributed by atoms with E-state index in [9.17, 15) is 4.79 Å². The third-order valence-corrected chi connectivity index (χ3v) is 3.27. The smallest absolute Gasteiger partial charge is 0.273 e. The van der Waals surface area contributed by atoms with Gasteiger partial charge in [0, 0.05) is 12.4 Å². The van der Waals surface area contributed by atoms with E-state index in [4.69, 9.17) is 4.74 Å². The van der Waals surface area contributed by atoms with Crippen LogP contribution >= 0.6 is 11.8 Å². The van der Waals surface area contributed by atoms with Gasteiger partial charge < -0.3 is 4.74 Å². The van der Waals surface area contributed by atoms with Crippen molar-refractivity contribution < 1.29 is 4.74 Å². The first-order valence-electron chi connectivity index (χ1n) is 4.94. The van der Waals surface area contributed by atoms with Crippen LogP contribution in [0.3, 0.4) is 0 Å². The molecule has 1 N–H and O–H groups in total. The van der Waals surface area contributed by atoms with Crippen LogP contribution in [0.2, 0.25) is 0 Å². The Balaban J connectivity index is 1.93. The number of hydrogen-bond donors (Lipinski definition) is 1. The Morgan fingerprint density at radius 2 is 2.47 bits per heavy atom. The summed E-state index contributed by atoms with van der Waals surface area (Å²) < 4.78 is 5.47. The van der Waals surface area contributed by atoms with E-state index >= 15 is 0 Å². The molecule has 5 nitrogen and oxygen atoms in total. The van der Waals surface area contributed by atoms with Crippen LogP contribution in [0.5, 0.6) is 0 Å². The Kier molecular flexibility index (Phi) is 3.37. The second-order valence-corrected chi connectivity index (χ2v) is 4.50. The van der Waals surface area contributed by atoms with Gasteiger partial charge in [-0.3, -0.25) is 9.78 Å². The SMILES string of the molecule is Cc1nnc(SCC2CCCO2)[nH]c1=O. The van der Waals surface area contributed by atoms with Gasteiger partial charge in [0.2, 0.25) is 0 Å². The Labute approximate surface area is 91.6 Å². The average Bonchev–Trinajstić information content (AvgIpc) is 2.73. The molecule has 1 fully saturated rings. The quantitative estimate of drug-likeness (QED) is 0.771. The van der Waals surface area contributed by atoms with Crippen molar-refractivity contribution in [2.45, 2.75) is 31.0 Å². The number of nitrogens with one attached hydrogen (secondary N) is 1. The summed E-state index contributed by atoms with van der Waals surface area (Å²) in [4.78, 5) is 13.9. The number of nitrogens with zero attached hydrogens (tertiary/aromatic N) is 2. The van der Waals surface area contributed by atoms with Crippen molar-refractivity contribution in [1.29, 1.82) is 0 Å². The molecule has 0 aliphatic carbocycles. The molecule has 0 radical (unpaired) electrons. The van der Waals surface area contributed by atoms with Crippen molar-refractivity contribution in [3.05, 3.63) is 16.0 Å². The molecule has 1 aliphatic heterocycles. The number of aromatic amines is 1. The molecule has 1 atom stereocenters. The number of H-pyrrole nitrogens is 1. The van der Waals surface area contributed by atoms with E-state index in [-0.39, 0.29) is 5.56 Å². The van der Waals surface area contributed by atoms with Crippen LogP contribution < -0.4 is 5.56 Å². The number of rotatable bonds is 3. The molecule has 0 saturated carbocycles. The molecule has 6 heteroatoms. The highest BCUT2D eigenvalue weighted by molar-refractivity contribution is 7.99. The third kappa shape index (κ3) is 2.79. The minimum atomic E-state index is -0.167. The molecule has 2 rings (SSSR count). The van der Waals surface area contributed by atoms with E-state index in [1.165, 1.54) is 11.8 Å². The van der Waals surface area contributed by atoms with E-state index in [1.807, 2.05) is 0 Å². The summed E-state index contributed by atoms with van der Waals surface area (Å²) in [6.07, 6.45) is 2.51. The van der Waals surface area contributed by atoms with Crippen LogP contribution in [-0.4, -0.2) is 33.6 Å². The first kappa shape index (κ1) is 10.6. The van der Waals surface area contributed by atoms with Gasteiger partial charge >= 0.3 is 0 Å². The molecule has 1 unspecified atom stereocenters. The van der Waals surface area contributed by atoms with Gasteiger partial charge in [-0.1, -0.05) is 11.8 Å². The summed E-state index contributed by atoms with van der Waals surface area (Å²) in [7, 11) is 0. The summed E-state index contributed by atoms with van der Waals surface area (Å²) in [5.41, 5.74) is 0.233. The van der Waals surface area contributed by atoms with Crippen molar-refractivity contribution in [1.82, 2.24) is 15.2 Å². The summed E-state index contributed by atoms with van der Waals surface area (Å²) >= 11 is 1.49. The lowest BCUT2D eigenvalue weighted by Gasteiger charge is -2.06. The van der Waals surface area contributed by atoms with E-state index < -0.39 is 0 Å². The lowest BCUT2D eigenvalue weighted by Crippen LogP contribution is -2.15. The van der Waals surface area contributed by atoms with Gasteiger partial charge in [0.25, 0.3) is 5.56 Å². The highest BCUT2D eigenvalue weighted by Gasteiger charge is 2.16. The molecule has 2 heterocycles. The number of ether oxygens (including phenoxy) is 1. The van der Waals surface area contributed by atoms with Crippen LogP contribution in [-0.2, 0) is 4.74 Å².